The van der Waals surface area contributed by atoms with Crippen molar-refractivity contribution in [3.8, 4) is 0 Å². The van der Waals surface area contributed by atoms with E-state index in [1.807, 2.05) is 0 Å². The minimum atomic E-state index is -0.461. The summed E-state index contributed by atoms with van der Waals surface area (Å²) in [5.41, 5.74) is 0.586. The van der Waals surface area contributed by atoms with Gasteiger partial charge in [0, 0.05) is 11.0 Å². The normalized spacial score (nSPS) is 18.9. The van der Waals surface area contributed by atoms with Crippen LogP contribution in [0.4, 0.5) is 9.18 Å². The second-order valence-electron chi connectivity index (χ2n) is 4.50. The van der Waals surface area contributed by atoms with Crippen molar-refractivity contribution >= 4 is 27.9 Å². The first-order valence-corrected chi connectivity index (χ1v) is 6.84. The van der Waals surface area contributed by atoms with Crippen LogP contribution in [0, 0.1) is 5.82 Å². The zero-order valence-electron chi connectivity index (χ0n) is 10.5. The third kappa shape index (κ3) is 3.12. The molecule has 0 spiro atoms. The van der Waals surface area contributed by atoms with Gasteiger partial charge in [-0.1, -0.05) is 22.0 Å². The average molecular weight is 329 g/mol. The fraction of sp³-hybridized carbons (Fsp3) is 0.385. The number of carbonyl (C=O) groups excluding carboxylic acids is 2. The first-order valence-electron chi connectivity index (χ1n) is 6.05. The number of aryl methyl sites for hydroxylation is 1. The maximum atomic E-state index is 13.6. The van der Waals surface area contributed by atoms with Gasteiger partial charge in [0.15, 0.2) is 0 Å². The number of urea groups is 1. The molecule has 0 saturated carbocycles. The molecular weight excluding hydrogens is 315 g/mol. The summed E-state index contributed by atoms with van der Waals surface area (Å²) in [5.74, 6) is -0.499. The van der Waals surface area contributed by atoms with Gasteiger partial charge in [0.1, 0.15) is 11.9 Å². The van der Waals surface area contributed by atoms with Crippen LogP contribution in [0.3, 0.4) is 0 Å². The Bertz CT molecular complexity index is 521. The lowest BCUT2D eigenvalue weighted by Crippen LogP contribution is -2.32. The smallest absolute Gasteiger partial charge is 0.324 e. The standard InChI is InChI=1S/C13H14BrFN2O2/c1-8-12(18)17(13(19)16-8)6-2-3-9-4-5-10(14)7-11(9)15/h4-5,7-8H,2-3,6H2,1H3,(H,16,19)/t8-/m1/s1. The van der Waals surface area contributed by atoms with Gasteiger partial charge in [0.25, 0.3) is 5.91 Å². The van der Waals surface area contributed by atoms with Crippen LogP contribution >= 0.6 is 15.9 Å². The van der Waals surface area contributed by atoms with E-state index >= 15 is 0 Å². The summed E-state index contributed by atoms with van der Waals surface area (Å²) in [6.07, 6.45) is 1.04. The molecule has 19 heavy (non-hydrogen) atoms. The molecule has 0 radical (unpaired) electrons. The minimum absolute atomic E-state index is 0.221. The zero-order valence-corrected chi connectivity index (χ0v) is 12.0. The van der Waals surface area contributed by atoms with Gasteiger partial charge in [-0.15, -0.1) is 0 Å². The van der Waals surface area contributed by atoms with Crippen molar-refractivity contribution in [1.29, 1.82) is 0 Å². The van der Waals surface area contributed by atoms with Crippen molar-refractivity contribution < 1.29 is 14.0 Å². The van der Waals surface area contributed by atoms with Gasteiger partial charge in [-0.3, -0.25) is 9.69 Å². The van der Waals surface area contributed by atoms with Crippen LogP contribution in [0.5, 0.6) is 0 Å². The second-order valence-corrected chi connectivity index (χ2v) is 5.42. The molecule has 1 aliphatic rings. The quantitative estimate of drug-likeness (QED) is 0.863. The summed E-state index contributed by atoms with van der Waals surface area (Å²) >= 11 is 3.19. The summed E-state index contributed by atoms with van der Waals surface area (Å²) < 4.78 is 14.3. The van der Waals surface area contributed by atoms with Crippen LogP contribution in [0.15, 0.2) is 22.7 Å². The van der Waals surface area contributed by atoms with Crippen LogP contribution < -0.4 is 5.32 Å². The summed E-state index contributed by atoms with van der Waals surface area (Å²) in [4.78, 5) is 24.3. The Morgan fingerprint density at radius 1 is 1.42 bits per heavy atom. The van der Waals surface area contributed by atoms with Crippen molar-refractivity contribution in [2.24, 2.45) is 0 Å². The molecular formula is C13H14BrFN2O2. The number of amides is 3. The van der Waals surface area contributed by atoms with Crippen LogP contribution in [0.25, 0.3) is 0 Å². The van der Waals surface area contributed by atoms with E-state index in [0.29, 0.717) is 29.4 Å². The molecule has 1 fully saturated rings. The van der Waals surface area contributed by atoms with Gasteiger partial charge in [0.2, 0.25) is 0 Å². The summed E-state index contributed by atoms with van der Waals surface area (Å²) in [6, 6.07) is 4.05. The largest absolute Gasteiger partial charge is 0.326 e. The molecule has 0 unspecified atom stereocenters. The number of halogens is 2. The van der Waals surface area contributed by atoms with Gasteiger partial charge in [0.05, 0.1) is 0 Å². The Hall–Kier alpha value is -1.43. The van der Waals surface area contributed by atoms with E-state index in [0.717, 1.165) is 0 Å². The lowest BCUT2D eigenvalue weighted by atomic mass is 10.1. The first-order chi connectivity index (χ1) is 8.99. The average Bonchev–Trinajstić information content (AvgIpc) is 2.58. The highest BCUT2D eigenvalue weighted by molar-refractivity contribution is 9.10. The molecule has 6 heteroatoms. The van der Waals surface area contributed by atoms with Crippen LogP contribution in [-0.2, 0) is 11.2 Å². The van der Waals surface area contributed by atoms with Crippen LogP contribution in [0.2, 0.25) is 0 Å². The first kappa shape index (κ1) is 14.0. The zero-order chi connectivity index (χ0) is 14.0. The number of benzene rings is 1. The van der Waals surface area contributed by atoms with Gasteiger partial charge >= 0.3 is 6.03 Å². The number of imide groups is 1. The van der Waals surface area contributed by atoms with E-state index in [9.17, 15) is 14.0 Å². The SMILES string of the molecule is C[C@H]1NC(=O)N(CCCc2ccc(Br)cc2F)C1=O. The Morgan fingerprint density at radius 3 is 2.74 bits per heavy atom. The third-order valence-corrected chi connectivity index (χ3v) is 3.56. The van der Waals surface area contributed by atoms with Gasteiger partial charge in [-0.2, -0.15) is 0 Å². The molecule has 1 heterocycles. The predicted molar refractivity (Wildman–Crippen MR) is 72.1 cm³/mol. The van der Waals surface area contributed by atoms with E-state index in [1.54, 1.807) is 19.1 Å². The molecule has 102 valence electrons. The van der Waals surface area contributed by atoms with Gasteiger partial charge < -0.3 is 5.32 Å². The predicted octanol–water partition coefficient (Wildman–Crippen LogP) is 2.46. The molecule has 4 nitrogen and oxygen atoms in total. The summed E-state index contributed by atoms with van der Waals surface area (Å²) in [6.45, 7) is 1.96. The lowest BCUT2D eigenvalue weighted by molar-refractivity contribution is -0.127. The molecule has 0 aliphatic carbocycles. The summed E-state index contributed by atoms with van der Waals surface area (Å²) in [7, 11) is 0. The highest BCUT2D eigenvalue weighted by Crippen LogP contribution is 2.17. The van der Waals surface area contributed by atoms with E-state index in [2.05, 4.69) is 21.2 Å². The number of nitrogens with one attached hydrogen (secondary N) is 1. The Balaban J connectivity index is 1.90. The molecule has 0 aromatic heterocycles. The number of carbonyl (C=O) groups is 2. The third-order valence-electron chi connectivity index (χ3n) is 3.06. The maximum absolute atomic E-state index is 13.6. The number of hydrogen-bond donors (Lipinski definition) is 1. The fourth-order valence-electron chi connectivity index (χ4n) is 2.02. The molecule has 1 atom stereocenters. The van der Waals surface area contributed by atoms with Crippen LogP contribution in [0.1, 0.15) is 18.9 Å². The highest BCUT2D eigenvalue weighted by atomic mass is 79.9. The van der Waals surface area contributed by atoms with Gasteiger partial charge in [-0.05, 0) is 37.5 Å². The maximum Gasteiger partial charge on any atom is 0.324 e. The topological polar surface area (TPSA) is 49.4 Å². The lowest BCUT2D eigenvalue weighted by Gasteiger charge is -2.12. The van der Waals surface area contributed by atoms with E-state index < -0.39 is 6.04 Å². The Morgan fingerprint density at radius 2 is 2.16 bits per heavy atom. The van der Waals surface area contributed by atoms with Crippen molar-refractivity contribution in [1.82, 2.24) is 10.2 Å². The van der Waals surface area contributed by atoms with E-state index in [1.165, 1.54) is 11.0 Å². The minimum Gasteiger partial charge on any atom is -0.326 e. The Kier molecular flexibility index (Phi) is 4.19. The summed E-state index contributed by atoms with van der Waals surface area (Å²) in [5, 5.41) is 2.54. The molecule has 1 aromatic carbocycles. The van der Waals surface area contributed by atoms with E-state index in [4.69, 9.17) is 0 Å². The number of rotatable bonds is 4. The second kappa shape index (κ2) is 5.69. The Labute approximate surface area is 119 Å². The number of nitrogens with zero attached hydrogens (tertiary/aromatic N) is 1. The molecule has 0 bridgehead atoms. The molecule has 1 N–H and O–H groups in total. The molecule has 3 amide bonds. The van der Waals surface area contributed by atoms with Crippen molar-refractivity contribution in [2.75, 3.05) is 6.54 Å². The van der Waals surface area contributed by atoms with Gasteiger partial charge in [-0.25, -0.2) is 9.18 Å². The number of hydrogen-bond acceptors (Lipinski definition) is 2. The van der Waals surface area contributed by atoms with Crippen molar-refractivity contribution in [3.05, 3.63) is 34.1 Å². The van der Waals surface area contributed by atoms with Crippen molar-refractivity contribution in [3.63, 3.8) is 0 Å². The van der Waals surface area contributed by atoms with Crippen LogP contribution in [-0.4, -0.2) is 29.4 Å². The van der Waals surface area contributed by atoms with E-state index in [-0.39, 0.29) is 17.8 Å². The monoisotopic (exact) mass is 328 g/mol. The molecule has 1 aliphatic heterocycles. The molecule has 1 saturated heterocycles. The van der Waals surface area contributed by atoms with Crippen molar-refractivity contribution in [2.45, 2.75) is 25.8 Å². The molecule has 2 rings (SSSR count). The highest BCUT2D eigenvalue weighted by Gasteiger charge is 2.34. The molecule has 1 aromatic rings. The fourth-order valence-corrected chi connectivity index (χ4v) is 2.36.